The Balaban J connectivity index is 1.60. The van der Waals surface area contributed by atoms with Crippen LogP contribution in [0.2, 0.25) is 0 Å². The zero-order chi connectivity index (χ0) is 14.7. The van der Waals surface area contributed by atoms with Crippen molar-refractivity contribution >= 4 is 15.5 Å². The molecular formula is C16H24N2O2S. The van der Waals surface area contributed by atoms with Gasteiger partial charge in [0.05, 0.1) is 11.5 Å². The second-order valence-corrected chi connectivity index (χ2v) is 8.52. The Kier molecular flexibility index (Phi) is 4.50. The van der Waals surface area contributed by atoms with Crippen molar-refractivity contribution < 1.29 is 8.42 Å². The first-order valence-electron chi connectivity index (χ1n) is 7.91. The molecule has 0 aliphatic carbocycles. The number of benzene rings is 1. The van der Waals surface area contributed by atoms with Crippen molar-refractivity contribution in [1.82, 2.24) is 5.32 Å². The number of hydrogen-bond acceptors (Lipinski definition) is 4. The van der Waals surface area contributed by atoms with Crippen molar-refractivity contribution in [3.8, 4) is 0 Å². The summed E-state index contributed by atoms with van der Waals surface area (Å²) in [6.45, 7) is 1.95. The van der Waals surface area contributed by atoms with Gasteiger partial charge in [0, 0.05) is 18.3 Å². The third-order valence-electron chi connectivity index (χ3n) is 4.65. The van der Waals surface area contributed by atoms with Crippen molar-refractivity contribution in [3.05, 3.63) is 29.8 Å². The number of anilines is 1. The van der Waals surface area contributed by atoms with E-state index in [2.05, 4.69) is 34.9 Å². The standard InChI is InChI=1S/C16H24N2O2S/c19-21(20)10-7-13(8-11-21)12-18-16-6-3-9-17-15-5-2-1-4-14(15)16/h1-2,4-5,13,16-18H,3,6-12H2/t16-/m0/s1. The molecule has 1 fully saturated rings. The Morgan fingerprint density at radius 3 is 2.71 bits per heavy atom. The molecule has 2 N–H and O–H groups in total. The Morgan fingerprint density at radius 2 is 1.90 bits per heavy atom. The van der Waals surface area contributed by atoms with Crippen LogP contribution in [-0.2, 0) is 9.84 Å². The quantitative estimate of drug-likeness (QED) is 0.900. The van der Waals surface area contributed by atoms with Gasteiger partial charge in [-0.05, 0) is 49.8 Å². The molecule has 0 aromatic heterocycles. The van der Waals surface area contributed by atoms with Gasteiger partial charge >= 0.3 is 0 Å². The number of sulfone groups is 1. The maximum atomic E-state index is 11.5. The van der Waals surface area contributed by atoms with Gasteiger partial charge in [-0.25, -0.2) is 8.42 Å². The van der Waals surface area contributed by atoms with E-state index in [4.69, 9.17) is 0 Å². The predicted molar refractivity (Wildman–Crippen MR) is 86.3 cm³/mol. The summed E-state index contributed by atoms with van der Waals surface area (Å²) < 4.78 is 23.0. The number of fused-ring (bicyclic) bond motifs is 1. The molecule has 1 aromatic carbocycles. The van der Waals surface area contributed by atoms with Crippen molar-refractivity contribution in [3.63, 3.8) is 0 Å². The van der Waals surface area contributed by atoms with E-state index in [9.17, 15) is 8.42 Å². The summed E-state index contributed by atoms with van der Waals surface area (Å²) in [7, 11) is -2.75. The van der Waals surface area contributed by atoms with Gasteiger partial charge in [0.25, 0.3) is 0 Å². The second kappa shape index (κ2) is 6.36. The van der Waals surface area contributed by atoms with Crippen LogP contribution in [0.3, 0.4) is 0 Å². The van der Waals surface area contributed by atoms with Crippen LogP contribution in [0.15, 0.2) is 24.3 Å². The molecule has 0 amide bonds. The van der Waals surface area contributed by atoms with Gasteiger partial charge in [-0.3, -0.25) is 0 Å². The van der Waals surface area contributed by atoms with Gasteiger partial charge < -0.3 is 10.6 Å². The topological polar surface area (TPSA) is 58.2 Å². The van der Waals surface area contributed by atoms with Crippen molar-refractivity contribution in [2.24, 2.45) is 5.92 Å². The number of nitrogens with one attached hydrogen (secondary N) is 2. The van der Waals surface area contributed by atoms with Gasteiger partial charge in [0.2, 0.25) is 0 Å². The molecule has 2 heterocycles. The molecule has 3 rings (SSSR count). The minimum absolute atomic E-state index is 0.363. The van der Waals surface area contributed by atoms with Crippen LogP contribution in [0, 0.1) is 5.92 Å². The zero-order valence-electron chi connectivity index (χ0n) is 12.3. The third kappa shape index (κ3) is 3.77. The lowest BCUT2D eigenvalue weighted by molar-refractivity contribution is 0.391. The maximum Gasteiger partial charge on any atom is 0.150 e. The molecule has 0 spiro atoms. The van der Waals surface area contributed by atoms with Gasteiger partial charge in [-0.15, -0.1) is 0 Å². The molecule has 1 aromatic rings. The van der Waals surface area contributed by atoms with Crippen molar-refractivity contribution in [2.75, 3.05) is 29.9 Å². The lowest BCUT2D eigenvalue weighted by atomic mass is 9.98. The Hall–Kier alpha value is -1.07. The fraction of sp³-hybridized carbons (Fsp3) is 0.625. The average molecular weight is 308 g/mol. The summed E-state index contributed by atoms with van der Waals surface area (Å²) in [5.74, 6) is 1.22. The van der Waals surface area contributed by atoms with E-state index < -0.39 is 9.84 Å². The Bertz CT molecular complexity index is 572. The summed E-state index contributed by atoms with van der Waals surface area (Å²) in [4.78, 5) is 0. The molecule has 4 nitrogen and oxygen atoms in total. The first-order valence-corrected chi connectivity index (χ1v) is 9.73. The third-order valence-corrected chi connectivity index (χ3v) is 6.36. The first kappa shape index (κ1) is 14.9. The van der Waals surface area contributed by atoms with Crippen LogP contribution in [-0.4, -0.2) is 33.0 Å². The van der Waals surface area contributed by atoms with E-state index in [0.29, 0.717) is 23.5 Å². The van der Waals surface area contributed by atoms with Crippen molar-refractivity contribution in [1.29, 1.82) is 0 Å². The lowest BCUT2D eigenvalue weighted by Gasteiger charge is -2.26. The predicted octanol–water partition coefficient (Wildman–Crippen LogP) is 2.35. The minimum Gasteiger partial charge on any atom is -0.385 e. The highest BCUT2D eigenvalue weighted by Gasteiger charge is 2.25. The Morgan fingerprint density at radius 1 is 1.14 bits per heavy atom. The molecule has 5 heteroatoms. The molecule has 21 heavy (non-hydrogen) atoms. The number of hydrogen-bond donors (Lipinski definition) is 2. The zero-order valence-corrected chi connectivity index (χ0v) is 13.2. The first-order chi connectivity index (χ1) is 10.1. The lowest BCUT2D eigenvalue weighted by Crippen LogP contribution is -2.32. The molecule has 0 unspecified atom stereocenters. The summed E-state index contributed by atoms with van der Waals surface area (Å²) in [6.07, 6.45) is 3.91. The molecule has 2 aliphatic rings. The summed E-state index contributed by atoms with van der Waals surface area (Å²) >= 11 is 0. The molecule has 2 aliphatic heterocycles. The van der Waals surface area contributed by atoms with Crippen LogP contribution >= 0.6 is 0 Å². The van der Waals surface area contributed by atoms with Crippen LogP contribution in [0.25, 0.3) is 0 Å². The fourth-order valence-electron chi connectivity index (χ4n) is 3.31. The van der Waals surface area contributed by atoms with E-state index in [1.54, 1.807) is 0 Å². The Labute approximate surface area is 127 Å². The normalized spacial score (nSPS) is 25.6. The largest absolute Gasteiger partial charge is 0.385 e. The van der Waals surface area contributed by atoms with E-state index >= 15 is 0 Å². The van der Waals surface area contributed by atoms with E-state index in [-0.39, 0.29) is 0 Å². The summed E-state index contributed by atoms with van der Waals surface area (Å²) in [5.41, 5.74) is 2.58. The smallest absolute Gasteiger partial charge is 0.150 e. The van der Waals surface area contributed by atoms with E-state index in [1.807, 2.05) is 0 Å². The number of rotatable bonds is 3. The van der Waals surface area contributed by atoms with Crippen LogP contribution in [0.4, 0.5) is 5.69 Å². The second-order valence-electron chi connectivity index (χ2n) is 6.21. The molecule has 0 bridgehead atoms. The molecule has 1 atom stereocenters. The van der Waals surface area contributed by atoms with Gasteiger partial charge in [-0.2, -0.15) is 0 Å². The van der Waals surface area contributed by atoms with Crippen LogP contribution < -0.4 is 10.6 Å². The monoisotopic (exact) mass is 308 g/mol. The summed E-state index contributed by atoms with van der Waals surface area (Å²) in [5, 5.41) is 7.16. The summed E-state index contributed by atoms with van der Waals surface area (Å²) in [6, 6.07) is 8.88. The van der Waals surface area contributed by atoms with Gasteiger partial charge in [0.15, 0.2) is 0 Å². The molecule has 0 radical (unpaired) electrons. The highest BCUT2D eigenvalue weighted by molar-refractivity contribution is 7.91. The SMILES string of the molecule is O=S1(=O)CCC(CN[C@H]2CCCNc3ccccc32)CC1. The molecular weight excluding hydrogens is 284 g/mol. The minimum atomic E-state index is -2.75. The molecule has 1 saturated heterocycles. The highest BCUT2D eigenvalue weighted by atomic mass is 32.2. The molecule has 0 saturated carbocycles. The van der Waals surface area contributed by atoms with E-state index in [1.165, 1.54) is 11.3 Å². The highest BCUT2D eigenvalue weighted by Crippen LogP contribution is 2.29. The van der Waals surface area contributed by atoms with Crippen LogP contribution in [0.5, 0.6) is 0 Å². The van der Waals surface area contributed by atoms with Crippen LogP contribution in [0.1, 0.15) is 37.3 Å². The fourth-order valence-corrected chi connectivity index (χ4v) is 4.90. The number of para-hydroxylation sites is 1. The molecule has 116 valence electrons. The maximum absolute atomic E-state index is 11.5. The van der Waals surface area contributed by atoms with Gasteiger partial charge in [0.1, 0.15) is 9.84 Å². The van der Waals surface area contributed by atoms with Gasteiger partial charge in [-0.1, -0.05) is 18.2 Å². The van der Waals surface area contributed by atoms with E-state index in [0.717, 1.165) is 38.8 Å². The average Bonchev–Trinajstić information content (AvgIpc) is 2.69. The van der Waals surface area contributed by atoms with Crippen molar-refractivity contribution in [2.45, 2.75) is 31.7 Å².